The number of urea groups is 1. The van der Waals surface area contributed by atoms with E-state index in [1.807, 2.05) is 30.5 Å². The molecule has 2 N–H and O–H groups in total. The molecule has 0 radical (unpaired) electrons. The lowest BCUT2D eigenvalue weighted by atomic mass is 10.1. The molecule has 1 aliphatic carbocycles. The predicted octanol–water partition coefficient (Wildman–Crippen LogP) is 3.50. The van der Waals surface area contributed by atoms with E-state index in [1.54, 1.807) is 0 Å². The molecule has 1 aliphatic rings. The van der Waals surface area contributed by atoms with Crippen molar-refractivity contribution in [2.45, 2.75) is 26.2 Å². The summed E-state index contributed by atoms with van der Waals surface area (Å²) in [5.74, 6) is 0.687. The monoisotopic (exact) mass is 278 g/mol. The van der Waals surface area contributed by atoms with E-state index in [4.69, 9.17) is 11.6 Å². The molecule has 1 saturated carbocycles. The van der Waals surface area contributed by atoms with E-state index in [9.17, 15) is 4.79 Å². The maximum atomic E-state index is 11.6. The zero-order chi connectivity index (χ0) is 13.7. The number of hydrogen-bond acceptors (Lipinski definition) is 1. The van der Waals surface area contributed by atoms with Crippen molar-refractivity contribution >= 4 is 17.6 Å². The first kappa shape index (κ1) is 13.9. The van der Waals surface area contributed by atoms with Gasteiger partial charge in [-0.05, 0) is 49.8 Å². The molecule has 2 rings (SSSR count). The van der Waals surface area contributed by atoms with Gasteiger partial charge in [0.1, 0.15) is 0 Å². The van der Waals surface area contributed by atoms with Gasteiger partial charge in [0.05, 0.1) is 0 Å². The van der Waals surface area contributed by atoms with E-state index >= 15 is 0 Å². The quantitative estimate of drug-likeness (QED) is 0.850. The van der Waals surface area contributed by atoms with Crippen LogP contribution in [0.5, 0.6) is 0 Å². The van der Waals surface area contributed by atoms with E-state index in [1.165, 1.54) is 18.4 Å². The molecule has 0 bridgehead atoms. The highest BCUT2D eigenvalue weighted by molar-refractivity contribution is 6.30. The molecule has 0 heterocycles. The highest BCUT2D eigenvalue weighted by Crippen LogP contribution is 2.35. The Labute approximate surface area is 119 Å². The third kappa shape index (κ3) is 4.95. The molecular weight excluding hydrogens is 260 g/mol. The number of carbonyl (C=O) groups is 1. The molecule has 4 heteroatoms. The molecule has 1 aromatic carbocycles. The van der Waals surface area contributed by atoms with Gasteiger partial charge in [0.25, 0.3) is 0 Å². The van der Waals surface area contributed by atoms with Crippen molar-refractivity contribution in [1.29, 1.82) is 0 Å². The first-order chi connectivity index (χ1) is 9.15. The summed E-state index contributed by atoms with van der Waals surface area (Å²) in [6.07, 6.45) is 5.09. The zero-order valence-corrected chi connectivity index (χ0v) is 11.8. The van der Waals surface area contributed by atoms with Crippen LogP contribution in [0.1, 0.15) is 25.3 Å². The minimum atomic E-state index is -0.151. The van der Waals surface area contributed by atoms with Gasteiger partial charge in [-0.3, -0.25) is 0 Å². The highest BCUT2D eigenvalue weighted by atomic mass is 35.5. The Morgan fingerprint density at radius 2 is 2.26 bits per heavy atom. The number of benzene rings is 1. The van der Waals surface area contributed by atoms with Crippen LogP contribution < -0.4 is 10.6 Å². The summed E-state index contributed by atoms with van der Waals surface area (Å²) >= 11 is 5.90. The number of hydrogen-bond donors (Lipinski definition) is 2. The second-order valence-corrected chi connectivity index (χ2v) is 5.38. The number of carbonyl (C=O) groups excluding carboxylic acids is 1. The molecule has 102 valence electrons. The van der Waals surface area contributed by atoms with Gasteiger partial charge in [-0.25, -0.2) is 4.79 Å². The molecule has 0 unspecified atom stereocenters. The summed E-state index contributed by atoms with van der Waals surface area (Å²) in [7, 11) is 0. The molecule has 1 fully saturated rings. The van der Waals surface area contributed by atoms with Crippen LogP contribution in [0.3, 0.4) is 0 Å². The van der Waals surface area contributed by atoms with E-state index in [-0.39, 0.29) is 6.03 Å². The van der Waals surface area contributed by atoms with Crippen molar-refractivity contribution in [3.8, 4) is 0 Å². The molecule has 3 nitrogen and oxygen atoms in total. The summed E-state index contributed by atoms with van der Waals surface area (Å²) < 4.78 is 0. The van der Waals surface area contributed by atoms with Gasteiger partial charge in [0.2, 0.25) is 0 Å². The average Bonchev–Trinajstić information content (AvgIpc) is 3.20. The molecule has 0 aliphatic heterocycles. The number of halogens is 1. The number of amides is 2. The fourth-order valence-corrected chi connectivity index (χ4v) is 2.11. The fourth-order valence-electron chi connectivity index (χ4n) is 1.90. The van der Waals surface area contributed by atoms with Crippen LogP contribution in [-0.2, 0) is 6.42 Å². The minimum Gasteiger partial charge on any atom is -0.338 e. The van der Waals surface area contributed by atoms with Gasteiger partial charge >= 0.3 is 6.03 Å². The maximum Gasteiger partial charge on any atom is 0.318 e. The number of allylic oxidation sites excluding steroid dienone is 1. The molecule has 0 aromatic heterocycles. The normalized spacial score (nSPS) is 15.2. The molecule has 0 saturated heterocycles. The summed E-state index contributed by atoms with van der Waals surface area (Å²) in [5.41, 5.74) is 2.38. The summed E-state index contributed by atoms with van der Waals surface area (Å²) in [5, 5.41) is 6.32. The van der Waals surface area contributed by atoms with Crippen molar-refractivity contribution < 1.29 is 4.79 Å². The van der Waals surface area contributed by atoms with Gasteiger partial charge in [0.15, 0.2) is 0 Å². The van der Waals surface area contributed by atoms with Gasteiger partial charge in [0, 0.05) is 17.8 Å². The fraction of sp³-hybridized carbons (Fsp3) is 0.400. The number of rotatable bonds is 5. The Bertz CT molecular complexity index is 481. The largest absolute Gasteiger partial charge is 0.338 e. The Hall–Kier alpha value is -1.48. The van der Waals surface area contributed by atoms with Gasteiger partial charge in [-0.1, -0.05) is 29.3 Å². The average molecular weight is 279 g/mol. The Morgan fingerprint density at radius 1 is 1.47 bits per heavy atom. The lowest BCUT2D eigenvalue weighted by molar-refractivity contribution is 0.244. The van der Waals surface area contributed by atoms with Crippen LogP contribution in [0.4, 0.5) is 4.79 Å². The van der Waals surface area contributed by atoms with Crippen molar-refractivity contribution in [2.24, 2.45) is 5.92 Å². The van der Waals surface area contributed by atoms with Gasteiger partial charge < -0.3 is 10.6 Å². The number of nitrogens with one attached hydrogen (secondary N) is 2. The predicted molar refractivity (Wildman–Crippen MR) is 78.2 cm³/mol. The van der Waals surface area contributed by atoms with Gasteiger partial charge in [-0.2, -0.15) is 0 Å². The first-order valence-corrected chi connectivity index (χ1v) is 6.98. The van der Waals surface area contributed by atoms with E-state index in [0.29, 0.717) is 12.5 Å². The van der Waals surface area contributed by atoms with Crippen molar-refractivity contribution in [3.05, 3.63) is 46.6 Å². The summed E-state index contributed by atoms with van der Waals surface area (Å²) in [4.78, 5) is 11.6. The topological polar surface area (TPSA) is 41.1 Å². The van der Waals surface area contributed by atoms with Crippen LogP contribution in [-0.4, -0.2) is 12.6 Å². The summed E-state index contributed by atoms with van der Waals surface area (Å²) in [6.45, 7) is 2.66. The molecule has 19 heavy (non-hydrogen) atoms. The van der Waals surface area contributed by atoms with Crippen LogP contribution in [0.25, 0.3) is 0 Å². The third-order valence-corrected chi connectivity index (χ3v) is 3.48. The Balaban J connectivity index is 1.67. The third-order valence-electron chi connectivity index (χ3n) is 3.24. The molecule has 0 atom stereocenters. The minimum absolute atomic E-state index is 0.151. The standard InChI is InChI=1S/C15H19ClN2O/c1-11(13-5-6-13)10-18-15(19)17-8-7-12-3-2-4-14(16)9-12/h2-4,9-10,13H,5-8H2,1H3,(H2,17,18,19)/b11-10+. The van der Waals surface area contributed by atoms with Crippen molar-refractivity contribution in [3.63, 3.8) is 0 Å². The molecule has 0 spiro atoms. The maximum absolute atomic E-state index is 11.6. The van der Waals surface area contributed by atoms with Crippen LogP contribution in [0, 0.1) is 5.92 Å². The second kappa shape index (κ2) is 6.62. The smallest absolute Gasteiger partial charge is 0.318 e. The van der Waals surface area contributed by atoms with Gasteiger partial charge in [-0.15, -0.1) is 0 Å². The molecule has 2 amide bonds. The van der Waals surface area contributed by atoms with Crippen molar-refractivity contribution in [2.75, 3.05) is 6.54 Å². The Kier molecular flexibility index (Phi) is 4.86. The molecule has 1 aromatic rings. The SMILES string of the molecule is C/C(=C\NC(=O)NCCc1cccc(Cl)c1)C1CC1. The molecular formula is C15H19ClN2O. The lowest BCUT2D eigenvalue weighted by Gasteiger charge is -2.06. The van der Waals surface area contributed by atoms with Crippen LogP contribution in [0.15, 0.2) is 36.0 Å². The van der Waals surface area contributed by atoms with Crippen LogP contribution >= 0.6 is 11.6 Å². The summed E-state index contributed by atoms with van der Waals surface area (Å²) in [6, 6.07) is 7.53. The van der Waals surface area contributed by atoms with E-state index in [2.05, 4.69) is 17.6 Å². The highest BCUT2D eigenvalue weighted by Gasteiger charge is 2.22. The van der Waals surface area contributed by atoms with E-state index in [0.717, 1.165) is 17.0 Å². The first-order valence-electron chi connectivity index (χ1n) is 6.60. The zero-order valence-electron chi connectivity index (χ0n) is 11.1. The van der Waals surface area contributed by atoms with E-state index < -0.39 is 0 Å². The van der Waals surface area contributed by atoms with Crippen molar-refractivity contribution in [1.82, 2.24) is 10.6 Å². The van der Waals surface area contributed by atoms with Crippen LogP contribution in [0.2, 0.25) is 5.02 Å². The Morgan fingerprint density at radius 3 is 2.95 bits per heavy atom. The lowest BCUT2D eigenvalue weighted by Crippen LogP contribution is -2.33. The second-order valence-electron chi connectivity index (χ2n) is 4.94.